The highest BCUT2D eigenvalue weighted by Crippen LogP contribution is 2.42. The first kappa shape index (κ1) is 46.2. The molecule has 0 bridgehead atoms. The van der Waals surface area contributed by atoms with E-state index in [0.29, 0.717) is 95.1 Å². The van der Waals surface area contributed by atoms with Gasteiger partial charge in [-0.1, -0.05) is 23.3 Å². The zero-order valence-electron chi connectivity index (χ0n) is 37.2. The number of azide groups is 1. The largest absolute Gasteiger partial charge is 0.493 e. The van der Waals surface area contributed by atoms with E-state index in [1.54, 1.807) is 49.6 Å². The molecule has 0 saturated carbocycles. The predicted octanol–water partition coefficient (Wildman–Crippen LogP) is 7.50. The van der Waals surface area contributed by atoms with Crippen LogP contribution in [-0.4, -0.2) is 115 Å². The van der Waals surface area contributed by atoms with E-state index in [1.807, 2.05) is 80.1 Å². The van der Waals surface area contributed by atoms with Gasteiger partial charge in [-0.2, -0.15) is 0 Å². The summed E-state index contributed by atoms with van der Waals surface area (Å²) >= 11 is 0. The van der Waals surface area contributed by atoms with E-state index in [1.165, 1.54) is 12.4 Å². The molecule has 0 radical (unpaired) electrons. The van der Waals surface area contributed by atoms with Gasteiger partial charge < -0.3 is 48.7 Å². The first-order valence-corrected chi connectivity index (χ1v) is 21.0. The molecule has 1 aliphatic carbocycles. The number of fused-ring (bicyclic) bond motifs is 3. The number of nitrogens with one attached hydrogen (secondary N) is 2. The number of nitrogens with zero attached hydrogens (tertiary/aromatic N) is 7. The summed E-state index contributed by atoms with van der Waals surface area (Å²) in [6, 6.07) is 27.0. The van der Waals surface area contributed by atoms with Crippen molar-refractivity contribution in [2.24, 2.45) is 5.11 Å². The van der Waals surface area contributed by atoms with Crippen LogP contribution in [0.25, 0.3) is 54.8 Å². The number of benzene rings is 5. The third kappa shape index (κ3) is 11.1. The molecule has 3 N–H and O–H groups in total. The Kier molecular flexibility index (Phi) is 15.2. The molecule has 0 saturated heterocycles. The van der Waals surface area contributed by atoms with Gasteiger partial charge in [-0.25, -0.2) is 19.3 Å². The van der Waals surface area contributed by atoms with Gasteiger partial charge in [-0.15, -0.1) is 0 Å². The van der Waals surface area contributed by atoms with Crippen LogP contribution in [0.2, 0.25) is 0 Å². The number of anilines is 3. The van der Waals surface area contributed by atoms with Crippen molar-refractivity contribution >= 4 is 56.6 Å². The third-order valence-corrected chi connectivity index (χ3v) is 10.5. The van der Waals surface area contributed by atoms with Gasteiger partial charge in [0, 0.05) is 88.3 Å². The van der Waals surface area contributed by atoms with Crippen LogP contribution < -0.4 is 34.9 Å². The number of rotatable bonds is 21. The van der Waals surface area contributed by atoms with Crippen molar-refractivity contribution in [1.82, 2.24) is 19.9 Å². The van der Waals surface area contributed by atoms with Crippen LogP contribution in [-0.2, 0) is 14.2 Å². The van der Waals surface area contributed by atoms with Gasteiger partial charge in [0.2, 0.25) is 5.36 Å². The van der Waals surface area contributed by atoms with Crippen LogP contribution in [0.4, 0.5) is 22.9 Å². The van der Waals surface area contributed by atoms with Crippen molar-refractivity contribution in [2.75, 3.05) is 98.3 Å². The number of carboxylic acid groups (broad SMARTS) is 1. The molecular formula is C48H50N9O9+. The zero-order chi connectivity index (χ0) is 46.6. The zero-order valence-corrected chi connectivity index (χ0v) is 37.2. The Bertz CT molecular complexity index is 2960. The lowest BCUT2D eigenvalue weighted by atomic mass is 9.89. The molecule has 2 aliphatic rings. The summed E-state index contributed by atoms with van der Waals surface area (Å²) in [6.07, 6.45) is 1.44. The molecule has 18 nitrogen and oxygen atoms in total. The monoisotopic (exact) mass is 896 g/mol. The molecule has 340 valence electrons. The average molecular weight is 897 g/mol. The normalized spacial score (nSPS) is 11.0. The Morgan fingerprint density at radius 3 is 2.32 bits per heavy atom. The highest BCUT2D eigenvalue weighted by atomic mass is 16.6. The molecule has 0 atom stereocenters. The van der Waals surface area contributed by atoms with E-state index < -0.39 is 11.9 Å². The molecule has 4 aromatic carbocycles. The molecule has 66 heavy (non-hydrogen) atoms. The van der Waals surface area contributed by atoms with Crippen LogP contribution >= 0.6 is 0 Å². The van der Waals surface area contributed by atoms with Gasteiger partial charge in [0.25, 0.3) is 5.91 Å². The summed E-state index contributed by atoms with van der Waals surface area (Å²) in [4.78, 5) is 39.5. The van der Waals surface area contributed by atoms with E-state index in [4.69, 9.17) is 33.6 Å². The lowest BCUT2D eigenvalue weighted by Crippen LogP contribution is -2.28. The number of hydrogen-bond acceptors (Lipinski definition) is 13. The van der Waals surface area contributed by atoms with E-state index in [9.17, 15) is 14.7 Å². The number of amides is 1. The first-order chi connectivity index (χ1) is 32.0. The second-order valence-corrected chi connectivity index (χ2v) is 15.2. The van der Waals surface area contributed by atoms with Gasteiger partial charge in [-0.3, -0.25) is 4.79 Å². The number of carbonyl (C=O) groups excluding carboxylic acids is 1. The smallest absolute Gasteiger partial charge is 0.336 e. The van der Waals surface area contributed by atoms with E-state index in [-0.39, 0.29) is 30.9 Å². The lowest BCUT2D eigenvalue weighted by molar-refractivity contribution is 0.00976. The molecular weight excluding hydrogens is 847 g/mol. The molecule has 0 spiro atoms. The Labute approximate surface area is 380 Å². The maximum atomic E-state index is 13.2. The second kappa shape index (κ2) is 21.7. The topological polar surface area (TPSA) is 219 Å². The van der Waals surface area contributed by atoms with Gasteiger partial charge in [0.15, 0.2) is 11.5 Å². The number of methoxy groups -OCH3 is 1. The van der Waals surface area contributed by atoms with Crippen molar-refractivity contribution < 1.29 is 42.8 Å². The Balaban J connectivity index is 0.843. The summed E-state index contributed by atoms with van der Waals surface area (Å²) in [5.41, 5.74) is 14.2. The van der Waals surface area contributed by atoms with Crippen molar-refractivity contribution in [2.45, 2.75) is 0 Å². The van der Waals surface area contributed by atoms with Crippen LogP contribution in [0.5, 0.6) is 11.5 Å². The Hall–Kier alpha value is -7.76. The van der Waals surface area contributed by atoms with Gasteiger partial charge >= 0.3 is 5.97 Å². The standard InChI is InChI=1S/C48H49N9O9/c1-56(2)33-10-13-36-41(25-33)66-42-26-34(57(3)4)11-14-37(42)45(36)35-12-9-30(23-38(35)48(59)60)47(58)50-15-16-62-17-18-63-19-20-64-21-22-65-44-28-40-39(27-43(44)61-5)46(52-29-51-40)53-31-7-6-8-32(24-31)54-55-49/h6-14,23-29H,15-22H2,1-5H3,(H2-,50,51,52,53,58,59,60)/p+1. The Morgan fingerprint density at radius 1 is 0.833 bits per heavy atom. The second-order valence-electron chi connectivity index (χ2n) is 15.2. The van der Waals surface area contributed by atoms with Crippen molar-refractivity contribution in [1.29, 1.82) is 0 Å². The molecule has 5 aromatic rings. The average Bonchev–Trinajstić information content (AvgIpc) is 3.31. The van der Waals surface area contributed by atoms with Crippen LogP contribution in [0, 0.1) is 0 Å². The number of ether oxygens (including phenoxy) is 5. The van der Waals surface area contributed by atoms with Crippen LogP contribution in [0.1, 0.15) is 20.7 Å². The van der Waals surface area contributed by atoms with Gasteiger partial charge in [0.05, 0.1) is 63.9 Å². The molecule has 1 aliphatic heterocycles. The highest BCUT2D eigenvalue weighted by Gasteiger charge is 2.24. The number of carboxylic acids is 1. The fourth-order valence-corrected chi connectivity index (χ4v) is 7.16. The van der Waals surface area contributed by atoms with Crippen LogP contribution in [0.15, 0.2) is 107 Å². The maximum absolute atomic E-state index is 13.2. The highest BCUT2D eigenvalue weighted by molar-refractivity contribution is 6.09. The Morgan fingerprint density at radius 2 is 1.59 bits per heavy atom. The number of hydrogen-bond donors (Lipinski definition) is 3. The molecule has 7 rings (SSSR count). The van der Waals surface area contributed by atoms with Crippen molar-refractivity contribution in [3.05, 3.63) is 124 Å². The summed E-state index contributed by atoms with van der Waals surface area (Å²) in [5, 5.41) is 22.5. The van der Waals surface area contributed by atoms with E-state index >= 15 is 0 Å². The molecule has 18 heteroatoms. The summed E-state index contributed by atoms with van der Waals surface area (Å²) in [5.74, 6) is 0.562. The number of aromatic nitrogens is 2. The summed E-state index contributed by atoms with van der Waals surface area (Å²) in [7, 11) is 9.32. The molecule has 2 heterocycles. The van der Waals surface area contributed by atoms with Crippen LogP contribution in [0.3, 0.4) is 0 Å². The van der Waals surface area contributed by atoms with Crippen molar-refractivity contribution in [3.63, 3.8) is 0 Å². The minimum atomic E-state index is -1.16. The minimum Gasteiger partial charge on any atom is -0.493 e. The van der Waals surface area contributed by atoms with E-state index in [2.05, 4.69) is 30.6 Å². The van der Waals surface area contributed by atoms with Gasteiger partial charge in [-0.05, 0) is 59.6 Å². The number of aromatic carboxylic acids is 1. The minimum absolute atomic E-state index is 0.00659. The summed E-state index contributed by atoms with van der Waals surface area (Å²) < 4.78 is 36.8. The lowest BCUT2D eigenvalue weighted by Gasteiger charge is -2.19. The fraction of sp³-hybridized carbons (Fsp3) is 0.271. The SMILES string of the molecule is COc1cc2c(Nc3cccc(N=[N+]=[N-])c3)ncnc2cc1OCCOCCOCCOCCNC(=O)c1ccc(-c2c3ccc(=[N+](C)C)cc-3oc3cc(N(C)C)ccc23)c(C(=O)O)c1. The van der Waals surface area contributed by atoms with Crippen molar-refractivity contribution in [3.8, 4) is 33.9 Å². The fourth-order valence-electron chi connectivity index (χ4n) is 7.16. The van der Waals surface area contributed by atoms with E-state index in [0.717, 1.165) is 22.0 Å². The molecule has 1 aromatic heterocycles. The first-order valence-electron chi connectivity index (χ1n) is 21.0. The third-order valence-electron chi connectivity index (χ3n) is 10.5. The molecule has 0 unspecified atom stereocenters. The summed E-state index contributed by atoms with van der Waals surface area (Å²) in [6.45, 7) is 2.33. The van der Waals surface area contributed by atoms with Gasteiger partial charge in [0.1, 0.15) is 44.2 Å². The quantitative estimate of drug-likeness (QED) is 0.0159. The molecule has 0 fully saturated rings. The maximum Gasteiger partial charge on any atom is 0.336 e. The number of carbonyl (C=O) groups is 2. The predicted molar refractivity (Wildman–Crippen MR) is 252 cm³/mol. The molecule has 1 amide bonds.